The van der Waals surface area contributed by atoms with Gasteiger partial charge in [0.25, 0.3) is 0 Å². The van der Waals surface area contributed by atoms with Gasteiger partial charge in [-0.05, 0) is 31.0 Å². The lowest BCUT2D eigenvalue weighted by atomic mass is 10.1. The van der Waals surface area contributed by atoms with Crippen molar-refractivity contribution in [2.24, 2.45) is 7.05 Å². The van der Waals surface area contributed by atoms with Crippen LogP contribution in [0.15, 0.2) is 36.5 Å². The van der Waals surface area contributed by atoms with Gasteiger partial charge in [0.1, 0.15) is 17.3 Å². The van der Waals surface area contributed by atoms with E-state index in [4.69, 9.17) is 10.7 Å². The number of nitrogen functional groups attached to an aromatic ring is 1. The minimum atomic E-state index is 0.596. The first-order chi connectivity index (χ1) is 9.74. The summed E-state index contributed by atoms with van der Waals surface area (Å²) in [4.78, 5) is 9.11. The van der Waals surface area contributed by atoms with Crippen LogP contribution in [0, 0.1) is 0 Å². The van der Waals surface area contributed by atoms with Crippen molar-refractivity contribution in [2.45, 2.75) is 18.8 Å². The summed E-state index contributed by atoms with van der Waals surface area (Å²) < 4.78 is 2.03. The van der Waals surface area contributed by atoms with Crippen molar-refractivity contribution in [2.75, 3.05) is 5.73 Å². The summed E-state index contributed by atoms with van der Waals surface area (Å²) in [7, 11) is 2.00. The topological polar surface area (TPSA) is 56.7 Å². The zero-order valence-corrected chi connectivity index (χ0v) is 11.4. The highest BCUT2D eigenvalue weighted by atomic mass is 15.1. The second kappa shape index (κ2) is 4.07. The molecule has 4 heteroatoms. The number of fused-ring (bicyclic) bond motifs is 1. The predicted octanol–water partition coefficient (Wildman–Crippen LogP) is 3.09. The number of anilines is 1. The Morgan fingerprint density at radius 3 is 2.90 bits per heavy atom. The van der Waals surface area contributed by atoms with Crippen molar-refractivity contribution >= 4 is 16.7 Å². The van der Waals surface area contributed by atoms with Crippen LogP contribution in [0.1, 0.15) is 24.6 Å². The Hall–Kier alpha value is -2.36. The Balaban J connectivity index is 1.88. The molecule has 4 rings (SSSR count). The van der Waals surface area contributed by atoms with Crippen LogP contribution in [-0.4, -0.2) is 14.5 Å². The van der Waals surface area contributed by atoms with Gasteiger partial charge >= 0.3 is 0 Å². The van der Waals surface area contributed by atoms with Gasteiger partial charge in [0, 0.05) is 30.1 Å². The average Bonchev–Trinajstić information content (AvgIpc) is 3.27. The molecule has 2 heterocycles. The second-order valence-corrected chi connectivity index (χ2v) is 5.45. The lowest BCUT2D eigenvalue weighted by molar-refractivity contribution is 0.807. The molecular weight excluding hydrogens is 248 g/mol. The number of hydrogen-bond acceptors (Lipinski definition) is 3. The lowest BCUT2D eigenvalue weighted by Crippen LogP contribution is -2.00. The zero-order valence-electron chi connectivity index (χ0n) is 11.4. The van der Waals surface area contributed by atoms with Gasteiger partial charge in [-0.3, -0.25) is 4.98 Å². The first kappa shape index (κ1) is 11.5. The monoisotopic (exact) mass is 264 g/mol. The van der Waals surface area contributed by atoms with E-state index in [9.17, 15) is 0 Å². The van der Waals surface area contributed by atoms with Crippen molar-refractivity contribution in [1.29, 1.82) is 0 Å². The molecular formula is C16H16N4. The van der Waals surface area contributed by atoms with E-state index in [2.05, 4.69) is 17.1 Å². The van der Waals surface area contributed by atoms with Crippen LogP contribution in [-0.2, 0) is 7.05 Å². The van der Waals surface area contributed by atoms with E-state index in [1.54, 1.807) is 0 Å². The summed E-state index contributed by atoms with van der Waals surface area (Å²) in [5.74, 6) is 2.46. The largest absolute Gasteiger partial charge is 0.383 e. The standard InChI is InChI=1S/C16H16N4/c1-20-15(17)14(19-16(20)10-4-5-10)12-6-7-13-11(9-12)3-2-8-18-13/h2-3,6-10H,4-5,17H2,1H3. The minimum absolute atomic E-state index is 0.596. The molecule has 1 aliphatic carbocycles. The number of rotatable bonds is 2. The van der Waals surface area contributed by atoms with E-state index in [1.165, 1.54) is 12.8 Å². The fraction of sp³-hybridized carbons (Fsp3) is 0.250. The first-order valence-electron chi connectivity index (χ1n) is 6.91. The van der Waals surface area contributed by atoms with E-state index < -0.39 is 0 Å². The SMILES string of the molecule is Cn1c(C2CC2)nc(-c2ccc3ncccc3c2)c1N. The third kappa shape index (κ3) is 1.68. The van der Waals surface area contributed by atoms with E-state index in [0.29, 0.717) is 5.92 Å². The third-order valence-corrected chi connectivity index (χ3v) is 3.99. The van der Waals surface area contributed by atoms with Crippen molar-refractivity contribution in [3.05, 3.63) is 42.4 Å². The Labute approximate surface area is 117 Å². The summed E-state index contributed by atoms with van der Waals surface area (Å²) in [6.45, 7) is 0. The fourth-order valence-corrected chi connectivity index (χ4v) is 2.67. The van der Waals surface area contributed by atoms with Gasteiger partial charge < -0.3 is 10.3 Å². The number of hydrogen-bond donors (Lipinski definition) is 1. The first-order valence-corrected chi connectivity index (χ1v) is 6.91. The summed E-state index contributed by atoms with van der Waals surface area (Å²) in [6.07, 6.45) is 4.26. The molecule has 2 N–H and O–H groups in total. The molecule has 0 spiro atoms. The van der Waals surface area contributed by atoms with Gasteiger partial charge in [-0.15, -0.1) is 0 Å². The molecule has 0 amide bonds. The Morgan fingerprint density at radius 1 is 1.25 bits per heavy atom. The van der Waals surface area contributed by atoms with Crippen LogP contribution in [0.3, 0.4) is 0 Å². The van der Waals surface area contributed by atoms with E-state index >= 15 is 0 Å². The maximum absolute atomic E-state index is 6.23. The third-order valence-electron chi connectivity index (χ3n) is 3.99. The molecule has 3 aromatic rings. The Kier molecular flexibility index (Phi) is 2.33. The molecule has 0 radical (unpaired) electrons. The van der Waals surface area contributed by atoms with Gasteiger partial charge in [-0.25, -0.2) is 4.98 Å². The van der Waals surface area contributed by atoms with Crippen LogP contribution >= 0.6 is 0 Å². The number of nitrogens with zero attached hydrogens (tertiary/aromatic N) is 3. The molecule has 0 bridgehead atoms. The van der Waals surface area contributed by atoms with Crippen LogP contribution in [0.25, 0.3) is 22.2 Å². The maximum Gasteiger partial charge on any atom is 0.131 e. The van der Waals surface area contributed by atoms with Crippen molar-refractivity contribution in [3.8, 4) is 11.3 Å². The van der Waals surface area contributed by atoms with Gasteiger partial charge in [0.2, 0.25) is 0 Å². The van der Waals surface area contributed by atoms with Crippen LogP contribution < -0.4 is 5.73 Å². The number of benzene rings is 1. The smallest absolute Gasteiger partial charge is 0.131 e. The second-order valence-electron chi connectivity index (χ2n) is 5.45. The summed E-state index contributed by atoms with van der Waals surface area (Å²) >= 11 is 0. The number of aromatic nitrogens is 3. The highest BCUT2D eigenvalue weighted by Gasteiger charge is 2.29. The zero-order chi connectivity index (χ0) is 13.7. The fourth-order valence-electron chi connectivity index (χ4n) is 2.67. The van der Waals surface area contributed by atoms with Crippen molar-refractivity contribution < 1.29 is 0 Å². The normalized spacial score (nSPS) is 14.8. The quantitative estimate of drug-likeness (QED) is 0.773. The molecule has 1 aliphatic rings. The molecule has 1 aromatic carbocycles. The molecule has 0 saturated heterocycles. The van der Waals surface area contributed by atoms with Crippen molar-refractivity contribution in [3.63, 3.8) is 0 Å². The molecule has 4 nitrogen and oxygen atoms in total. The maximum atomic E-state index is 6.23. The summed E-state index contributed by atoms with van der Waals surface area (Å²) in [6, 6.07) is 10.2. The molecule has 1 fully saturated rings. The molecule has 1 saturated carbocycles. The number of nitrogens with two attached hydrogens (primary N) is 1. The molecule has 0 atom stereocenters. The Morgan fingerprint density at radius 2 is 2.10 bits per heavy atom. The number of pyridine rings is 1. The van der Waals surface area contributed by atoms with Crippen LogP contribution in [0.5, 0.6) is 0 Å². The van der Waals surface area contributed by atoms with Gasteiger partial charge in [-0.1, -0.05) is 12.1 Å². The van der Waals surface area contributed by atoms with Gasteiger partial charge in [0.05, 0.1) is 5.52 Å². The van der Waals surface area contributed by atoms with E-state index in [-0.39, 0.29) is 0 Å². The van der Waals surface area contributed by atoms with Gasteiger partial charge in [-0.2, -0.15) is 0 Å². The molecule has 0 aliphatic heterocycles. The highest BCUT2D eigenvalue weighted by Crippen LogP contribution is 2.41. The predicted molar refractivity (Wildman–Crippen MR) is 80.3 cm³/mol. The Bertz CT molecular complexity index is 799. The molecule has 2 aromatic heterocycles. The van der Waals surface area contributed by atoms with E-state index in [0.717, 1.165) is 33.8 Å². The lowest BCUT2D eigenvalue weighted by Gasteiger charge is -2.02. The molecule has 0 unspecified atom stereocenters. The summed E-state index contributed by atoms with van der Waals surface area (Å²) in [5, 5.41) is 1.11. The van der Waals surface area contributed by atoms with Crippen LogP contribution in [0.4, 0.5) is 5.82 Å². The molecule has 20 heavy (non-hydrogen) atoms. The highest BCUT2D eigenvalue weighted by molar-refractivity contribution is 5.85. The minimum Gasteiger partial charge on any atom is -0.383 e. The van der Waals surface area contributed by atoms with Gasteiger partial charge in [0.15, 0.2) is 0 Å². The van der Waals surface area contributed by atoms with E-state index in [1.807, 2.05) is 36.0 Å². The average molecular weight is 264 g/mol. The summed E-state index contributed by atoms with van der Waals surface area (Å²) in [5.41, 5.74) is 9.17. The van der Waals surface area contributed by atoms with Crippen molar-refractivity contribution in [1.82, 2.24) is 14.5 Å². The molecule has 100 valence electrons. The number of imidazole rings is 1. The van der Waals surface area contributed by atoms with Crippen LogP contribution in [0.2, 0.25) is 0 Å².